The molecule has 0 saturated carbocycles. The number of carbonyl (C=O) groups excluding carboxylic acids is 1. The molecule has 1 atom stereocenters. The Morgan fingerprint density at radius 2 is 2.11 bits per heavy atom. The van der Waals surface area contributed by atoms with Gasteiger partial charge in [-0.1, -0.05) is 35.5 Å². The van der Waals surface area contributed by atoms with Gasteiger partial charge in [0, 0.05) is 12.2 Å². The van der Waals surface area contributed by atoms with E-state index in [-0.39, 0.29) is 11.2 Å². The van der Waals surface area contributed by atoms with Crippen LogP contribution >= 0.6 is 11.8 Å². The number of nitrogens with zero attached hydrogens (tertiary/aromatic N) is 3. The highest BCUT2D eigenvalue weighted by Gasteiger charge is 2.22. The van der Waals surface area contributed by atoms with Gasteiger partial charge in [0.15, 0.2) is 11.0 Å². The van der Waals surface area contributed by atoms with E-state index in [4.69, 9.17) is 4.42 Å². The molecule has 28 heavy (non-hydrogen) atoms. The minimum absolute atomic E-state index is 0.0776. The van der Waals surface area contributed by atoms with Crippen molar-refractivity contribution in [3.63, 3.8) is 0 Å². The Kier molecular flexibility index (Phi) is 6.04. The van der Waals surface area contributed by atoms with E-state index in [1.54, 1.807) is 12.3 Å². The zero-order valence-electron chi connectivity index (χ0n) is 16.5. The first-order valence-electron chi connectivity index (χ1n) is 9.04. The summed E-state index contributed by atoms with van der Waals surface area (Å²) in [5.74, 6) is 1.40. The summed E-state index contributed by atoms with van der Waals surface area (Å²) in [6, 6.07) is 7.83. The molecule has 1 aromatic carbocycles. The van der Waals surface area contributed by atoms with Crippen LogP contribution in [0.25, 0.3) is 11.4 Å². The summed E-state index contributed by atoms with van der Waals surface area (Å²) in [7, 11) is 0. The largest absolute Gasteiger partial charge is 0.469 e. The Morgan fingerprint density at radius 3 is 2.75 bits per heavy atom. The van der Waals surface area contributed by atoms with E-state index in [1.807, 2.05) is 56.5 Å². The Morgan fingerprint density at radius 1 is 1.32 bits per heavy atom. The maximum absolute atomic E-state index is 12.7. The molecule has 0 aliphatic rings. The number of carbonyl (C=O) groups is 1. The zero-order valence-corrected chi connectivity index (χ0v) is 17.3. The number of nitrogens with one attached hydrogen (secondary N) is 1. The second-order valence-electron chi connectivity index (χ2n) is 6.66. The topological polar surface area (TPSA) is 73.0 Å². The van der Waals surface area contributed by atoms with Crippen molar-refractivity contribution in [3.05, 3.63) is 60.1 Å². The molecule has 0 aliphatic heterocycles. The molecule has 0 fully saturated rings. The number of aryl methyl sites for hydroxylation is 3. The number of aromatic nitrogens is 3. The lowest BCUT2D eigenvalue weighted by molar-refractivity contribution is -0.115. The molecule has 146 valence electrons. The Bertz CT molecular complexity index is 1010. The molecular weight excluding hydrogens is 372 g/mol. The van der Waals surface area contributed by atoms with Gasteiger partial charge in [0.25, 0.3) is 0 Å². The summed E-state index contributed by atoms with van der Waals surface area (Å²) in [6.07, 6.45) is 3.41. The third-order valence-electron chi connectivity index (χ3n) is 4.42. The molecule has 3 rings (SSSR count). The molecule has 0 bridgehead atoms. The Balaban J connectivity index is 1.79. The van der Waals surface area contributed by atoms with Gasteiger partial charge in [-0.3, -0.25) is 9.36 Å². The maximum Gasteiger partial charge on any atom is 0.237 e. The predicted octanol–water partition coefficient (Wildman–Crippen LogP) is 4.77. The first-order chi connectivity index (χ1) is 13.4. The van der Waals surface area contributed by atoms with Gasteiger partial charge < -0.3 is 9.73 Å². The van der Waals surface area contributed by atoms with Crippen molar-refractivity contribution in [1.82, 2.24) is 14.8 Å². The third-order valence-corrected chi connectivity index (χ3v) is 5.50. The number of hydrogen-bond donors (Lipinski definition) is 1. The van der Waals surface area contributed by atoms with Gasteiger partial charge >= 0.3 is 0 Å². The van der Waals surface area contributed by atoms with Crippen LogP contribution < -0.4 is 5.32 Å². The fourth-order valence-corrected chi connectivity index (χ4v) is 3.74. The van der Waals surface area contributed by atoms with Gasteiger partial charge in [0.1, 0.15) is 5.76 Å². The van der Waals surface area contributed by atoms with Crippen molar-refractivity contribution in [3.8, 4) is 11.4 Å². The third kappa shape index (κ3) is 4.20. The van der Waals surface area contributed by atoms with Crippen LogP contribution in [-0.2, 0) is 11.3 Å². The molecule has 2 aromatic heterocycles. The molecule has 6 nitrogen and oxygen atoms in total. The van der Waals surface area contributed by atoms with Gasteiger partial charge in [-0.2, -0.15) is 0 Å². The first kappa shape index (κ1) is 19.9. The average Bonchev–Trinajstić information content (AvgIpc) is 3.24. The highest BCUT2D eigenvalue weighted by molar-refractivity contribution is 8.00. The molecule has 3 aromatic rings. The fraction of sp³-hybridized carbons (Fsp3) is 0.286. The molecule has 1 N–H and O–H groups in total. The van der Waals surface area contributed by atoms with Crippen LogP contribution in [0.1, 0.15) is 23.8 Å². The van der Waals surface area contributed by atoms with Crippen LogP contribution in [0.4, 0.5) is 5.69 Å². The summed E-state index contributed by atoms with van der Waals surface area (Å²) >= 11 is 1.37. The fourth-order valence-electron chi connectivity index (χ4n) is 2.89. The normalized spacial score (nSPS) is 12.0. The molecule has 0 saturated heterocycles. The lowest BCUT2D eigenvalue weighted by atomic mass is 10.1. The predicted molar refractivity (Wildman–Crippen MR) is 113 cm³/mol. The molecule has 1 unspecified atom stereocenters. The standard InChI is InChI=1S/C21H24N4O2S/c1-6-10-25-19(17-9-11-27-15(17)4)23-24-21(25)28-16(5)20(26)22-18-8-7-13(2)12-14(18)3/h6-9,11-12,16H,1,10H2,2-5H3,(H,22,26). The Hall–Kier alpha value is -2.80. The van der Waals surface area contributed by atoms with Crippen LogP contribution in [0.5, 0.6) is 0 Å². The zero-order chi connectivity index (χ0) is 20.3. The number of amides is 1. The summed E-state index contributed by atoms with van der Waals surface area (Å²) in [6.45, 7) is 12.1. The molecule has 0 spiro atoms. The number of allylic oxidation sites excluding steroid dienone is 1. The van der Waals surface area contributed by atoms with E-state index >= 15 is 0 Å². The Labute approximate surface area is 169 Å². The van der Waals surface area contributed by atoms with E-state index in [0.717, 1.165) is 28.1 Å². The molecule has 0 aliphatic carbocycles. The van der Waals surface area contributed by atoms with E-state index < -0.39 is 0 Å². The first-order valence-corrected chi connectivity index (χ1v) is 9.92. The average molecular weight is 397 g/mol. The summed E-state index contributed by atoms with van der Waals surface area (Å²) < 4.78 is 7.33. The van der Waals surface area contributed by atoms with Crippen LogP contribution in [0, 0.1) is 20.8 Å². The lowest BCUT2D eigenvalue weighted by Gasteiger charge is -2.14. The van der Waals surface area contributed by atoms with E-state index in [0.29, 0.717) is 17.5 Å². The molecule has 2 heterocycles. The van der Waals surface area contributed by atoms with Crippen LogP contribution in [0.15, 0.2) is 52.8 Å². The quantitative estimate of drug-likeness (QED) is 0.460. The smallest absolute Gasteiger partial charge is 0.237 e. The van der Waals surface area contributed by atoms with Crippen LogP contribution in [-0.4, -0.2) is 25.9 Å². The van der Waals surface area contributed by atoms with Crippen molar-refractivity contribution >= 4 is 23.4 Å². The van der Waals surface area contributed by atoms with Crippen molar-refractivity contribution in [1.29, 1.82) is 0 Å². The van der Waals surface area contributed by atoms with Gasteiger partial charge in [-0.05, 0) is 45.4 Å². The highest BCUT2D eigenvalue weighted by Crippen LogP contribution is 2.29. The molecule has 7 heteroatoms. The highest BCUT2D eigenvalue weighted by atomic mass is 32.2. The number of benzene rings is 1. The van der Waals surface area contributed by atoms with Gasteiger partial charge in [0.05, 0.1) is 17.1 Å². The second kappa shape index (κ2) is 8.48. The minimum atomic E-state index is -0.341. The molecule has 1 amide bonds. The van der Waals surface area contributed by atoms with Gasteiger partial charge in [0.2, 0.25) is 5.91 Å². The summed E-state index contributed by atoms with van der Waals surface area (Å²) in [4.78, 5) is 12.7. The minimum Gasteiger partial charge on any atom is -0.469 e. The second-order valence-corrected chi connectivity index (χ2v) is 7.97. The van der Waals surface area contributed by atoms with Gasteiger partial charge in [-0.15, -0.1) is 16.8 Å². The number of thioether (sulfide) groups is 1. The van der Waals surface area contributed by atoms with E-state index in [1.165, 1.54) is 11.8 Å². The van der Waals surface area contributed by atoms with Crippen molar-refractivity contribution < 1.29 is 9.21 Å². The van der Waals surface area contributed by atoms with E-state index in [9.17, 15) is 4.79 Å². The number of rotatable bonds is 7. The molecular formula is C21H24N4O2S. The SMILES string of the molecule is C=CCn1c(SC(C)C(=O)Nc2ccc(C)cc2C)nnc1-c1ccoc1C. The number of anilines is 1. The van der Waals surface area contributed by atoms with Gasteiger partial charge in [-0.25, -0.2) is 0 Å². The maximum atomic E-state index is 12.7. The van der Waals surface area contributed by atoms with Crippen LogP contribution in [0.2, 0.25) is 0 Å². The van der Waals surface area contributed by atoms with Crippen molar-refractivity contribution in [2.45, 2.75) is 44.6 Å². The number of hydrogen-bond acceptors (Lipinski definition) is 5. The lowest BCUT2D eigenvalue weighted by Crippen LogP contribution is -2.23. The number of furan rings is 1. The summed E-state index contributed by atoms with van der Waals surface area (Å²) in [5.41, 5.74) is 3.91. The molecule has 0 radical (unpaired) electrons. The van der Waals surface area contributed by atoms with Crippen molar-refractivity contribution in [2.75, 3.05) is 5.32 Å². The monoisotopic (exact) mass is 396 g/mol. The van der Waals surface area contributed by atoms with E-state index in [2.05, 4.69) is 22.1 Å². The van der Waals surface area contributed by atoms with Crippen molar-refractivity contribution in [2.24, 2.45) is 0 Å². The summed E-state index contributed by atoms with van der Waals surface area (Å²) in [5, 5.41) is 11.9. The van der Waals surface area contributed by atoms with Crippen LogP contribution in [0.3, 0.4) is 0 Å².